The molecule has 0 fully saturated rings. The van der Waals surface area contributed by atoms with Crippen molar-refractivity contribution in [1.29, 1.82) is 0 Å². The lowest BCUT2D eigenvalue weighted by molar-refractivity contribution is -0.149. The predicted octanol–water partition coefficient (Wildman–Crippen LogP) is 2.83. The van der Waals surface area contributed by atoms with Crippen molar-refractivity contribution in [1.82, 2.24) is 0 Å². The van der Waals surface area contributed by atoms with Crippen molar-refractivity contribution in [2.45, 2.75) is 13.3 Å². The largest absolute Gasteiger partial charge is 0.497 e. The number of carbonyl (C=O) groups is 2. The molecule has 0 radical (unpaired) electrons. The summed E-state index contributed by atoms with van der Waals surface area (Å²) in [5.74, 6) is 0.482. The maximum Gasteiger partial charge on any atom is 0.344 e. The topological polar surface area (TPSA) is 83.1 Å². The number of methoxy groups -OCH3 is 2. The minimum absolute atomic E-state index is 0.273. The van der Waals surface area contributed by atoms with Gasteiger partial charge in [-0.15, -0.1) is 0 Å². The van der Waals surface area contributed by atoms with Gasteiger partial charge in [-0.1, -0.05) is 19.1 Å². The summed E-state index contributed by atoms with van der Waals surface area (Å²) in [5.41, 5.74) is 1.63. The van der Waals surface area contributed by atoms with Crippen molar-refractivity contribution < 1.29 is 28.5 Å². The van der Waals surface area contributed by atoms with E-state index in [1.807, 2.05) is 12.1 Å². The molecule has 1 amide bonds. The average molecular weight is 373 g/mol. The quantitative estimate of drug-likeness (QED) is 0.681. The second kappa shape index (κ2) is 10.1. The molecular weight excluding hydrogens is 350 g/mol. The lowest BCUT2D eigenvalue weighted by Gasteiger charge is -2.12. The van der Waals surface area contributed by atoms with Crippen LogP contribution in [0.25, 0.3) is 0 Å². The Kier molecular flexibility index (Phi) is 7.49. The number of esters is 1. The molecule has 0 heterocycles. The van der Waals surface area contributed by atoms with Gasteiger partial charge in [0.25, 0.3) is 5.91 Å². The number of hydrogen-bond donors (Lipinski definition) is 1. The Hall–Kier alpha value is -3.22. The third-order valence-electron chi connectivity index (χ3n) is 3.74. The van der Waals surface area contributed by atoms with Gasteiger partial charge in [-0.25, -0.2) is 4.79 Å². The van der Waals surface area contributed by atoms with Gasteiger partial charge in [-0.3, -0.25) is 4.79 Å². The van der Waals surface area contributed by atoms with Gasteiger partial charge in [-0.2, -0.15) is 0 Å². The third-order valence-corrected chi connectivity index (χ3v) is 3.74. The van der Waals surface area contributed by atoms with Crippen molar-refractivity contribution in [3.63, 3.8) is 0 Å². The Bertz CT molecular complexity index is 773. The molecule has 0 spiro atoms. The van der Waals surface area contributed by atoms with Crippen molar-refractivity contribution in [3.05, 3.63) is 48.0 Å². The standard InChI is InChI=1S/C20H23NO6/c1-4-14-5-7-15(8-6-14)26-13-20(23)27-12-19(22)21-17-10-9-16(24-2)11-18(17)25-3/h5-11H,4,12-13H2,1-3H3,(H,21,22). The number of nitrogens with one attached hydrogen (secondary N) is 1. The molecular formula is C20H23NO6. The molecule has 0 saturated carbocycles. The molecule has 0 saturated heterocycles. The zero-order chi connectivity index (χ0) is 19.6. The fourth-order valence-corrected chi connectivity index (χ4v) is 2.24. The first kappa shape index (κ1) is 20.1. The van der Waals surface area contributed by atoms with Crippen LogP contribution in [0.5, 0.6) is 17.2 Å². The summed E-state index contributed by atoms with van der Waals surface area (Å²) in [6, 6.07) is 12.4. The lowest BCUT2D eigenvalue weighted by atomic mass is 10.2. The highest BCUT2D eigenvalue weighted by Gasteiger charge is 2.12. The summed E-state index contributed by atoms with van der Waals surface area (Å²) in [5, 5.41) is 2.62. The highest BCUT2D eigenvalue weighted by Crippen LogP contribution is 2.28. The SMILES string of the molecule is CCc1ccc(OCC(=O)OCC(=O)Nc2ccc(OC)cc2OC)cc1. The Morgan fingerprint density at radius 2 is 1.63 bits per heavy atom. The fourth-order valence-electron chi connectivity index (χ4n) is 2.24. The van der Waals surface area contributed by atoms with E-state index in [0.717, 1.165) is 6.42 Å². The third kappa shape index (κ3) is 6.22. The van der Waals surface area contributed by atoms with Gasteiger partial charge in [0.05, 0.1) is 19.9 Å². The molecule has 7 nitrogen and oxygen atoms in total. The number of aryl methyl sites for hydroxylation is 1. The monoisotopic (exact) mass is 373 g/mol. The van der Waals surface area contributed by atoms with E-state index in [1.165, 1.54) is 19.8 Å². The molecule has 1 N–H and O–H groups in total. The smallest absolute Gasteiger partial charge is 0.344 e. The second-order valence-corrected chi connectivity index (χ2v) is 5.56. The molecule has 0 aliphatic carbocycles. The summed E-state index contributed by atoms with van der Waals surface area (Å²) in [6.45, 7) is 1.36. The van der Waals surface area contributed by atoms with Gasteiger partial charge >= 0.3 is 5.97 Å². The van der Waals surface area contributed by atoms with Crippen LogP contribution in [0.2, 0.25) is 0 Å². The highest BCUT2D eigenvalue weighted by molar-refractivity contribution is 5.94. The molecule has 0 unspecified atom stereocenters. The summed E-state index contributed by atoms with van der Waals surface area (Å²) in [4.78, 5) is 23.7. The van der Waals surface area contributed by atoms with Crippen LogP contribution in [0.3, 0.4) is 0 Å². The molecule has 0 bridgehead atoms. The Balaban J connectivity index is 1.78. The van der Waals surface area contributed by atoms with Gasteiger partial charge in [0.2, 0.25) is 0 Å². The molecule has 27 heavy (non-hydrogen) atoms. The Morgan fingerprint density at radius 3 is 2.26 bits per heavy atom. The number of benzene rings is 2. The summed E-state index contributed by atoms with van der Waals surface area (Å²) in [6.07, 6.45) is 0.927. The fraction of sp³-hybridized carbons (Fsp3) is 0.300. The van der Waals surface area contributed by atoms with Crippen molar-refractivity contribution in [2.24, 2.45) is 0 Å². The van der Waals surface area contributed by atoms with Crippen molar-refractivity contribution in [2.75, 3.05) is 32.8 Å². The first-order valence-electron chi connectivity index (χ1n) is 8.45. The number of amides is 1. The van der Waals surface area contributed by atoms with Crippen LogP contribution >= 0.6 is 0 Å². The number of anilines is 1. The minimum Gasteiger partial charge on any atom is -0.497 e. The summed E-state index contributed by atoms with van der Waals surface area (Å²) >= 11 is 0. The van der Waals surface area contributed by atoms with Crippen molar-refractivity contribution in [3.8, 4) is 17.2 Å². The summed E-state index contributed by atoms with van der Waals surface area (Å²) in [7, 11) is 3.02. The van der Waals surface area contributed by atoms with Crippen LogP contribution in [0.15, 0.2) is 42.5 Å². The van der Waals surface area contributed by atoms with E-state index in [4.69, 9.17) is 18.9 Å². The molecule has 0 aliphatic rings. The number of rotatable bonds is 9. The van der Waals surface area contributed by atoms with Gasteiger partial charge in [0.1, 0.15) is 17.2 Å². The van der Waals surface area contributed by atoms with Gasteiger partial charge in [0.15, 0.2) is 13.2 Å². The van der Waals surface area contributed by atoms with Gasteiger partial charge in [0, 0.05) is 6.07 Å². The van der Waals surface area contributed by atoms with Crippen LogP contribution < -0.4 is 19.5 Å². The number of ether oxygens (including phenoxy) is 4. The van der Waals surface area contributed by atoms with Crippen LogP contribution in [0.1, 0.15) is 12.5 Å². The highest BCUT2D eigenvalue weighted by atomic mass is 16.6. The zero-order valence-corrected chi connectivity index (χ0v) is 15.6. The van der Waals surface area contributed by atoms with Gasteiger partial charge < -0.3 is 24.3 Å². The second-order valence-electron chi connectivity index (χ2n) is 5.56. The average Bonchev–Trinajstić information content (AvgIpc) is 2.71. The van der Waals surface area contributed by atoms with Crippen LogP contribution in [-0.4, -0.2) is 39.3 Å². The first-order valence-corrected chi connectivity index (χ1v) is 8.45. The number of carbonyl (C=O) groups excluding carboxylic acids is 2. The maximum absolute atomic E-state index is 12.0. The van der Waals surface area contributed by atoms with E-state index in [1.54, 1.807) is 30.3 Å². The molecule has 144 valence electrons. The lowest BCUT2D eigenvalue weighted by Crippen LogP contribution is -2.23. The van der Waals surface area contributed by atoms with Crippen LogP contribution in [-0.2, 0) is 20.7 Å². The van der Waals surface area contributed by atoms with E-state index in [9.17, 15) is 9.59 Å². The van der Waals surface area contributed by atoms with Crippen LogP contribution in [0.4, 0.5) is 5.69 Å². The molecule has 2 rings (SSSR count). The maximum atomic E-state index is 12.0. The number of hydrogen-bond acceptors (Lipinski definition) is 6. The van der Waals surface area contributed by atoms with E-state index in [2.05, 4.69) is 12.2 Å². The summed E-state index contributed by atoms with van der Waals surface area (Å²) < 4.78 is 20.6. The normalized spacial score (nSPS) is 10.0. The molecule has 0 aromatic heterocycles. The van der Waals surface area contributed by atoms with Gasteiger partial charge in [-0.05, 0) is 36.2 Å². The Labute approximate surface area is 158 Å². The zero-order valence-electron chi connectivity index (χ0n) is 15.6. The van der Waals surface area contributed by atoms with Crippen molar-refractivity contribution >= 4 is 17.6 Å². The minimum atomic E-state index is -0.633. The molecule has 2 aromatic rings. The van der Waals surface area contributed by atoms with E-state index in [-0.39, 0.29) is 6.61 Å². The molecule has 0 aliphatic heterocycles. The molecule has 0 atom stereocenters. The first-order chi connectivity index (χ1) is 13.0. The predicted molar refractivity (Wildman–Crippen MR) is 100 cm³/mol. The van der Waals surface area contributed by atoms with Crippen LogP contribution in [0, 0.1) is 0 Å². The molecule has 7 heteroatoms. The van der Waals surface area contributed by atoms with E-state index in [0.29, 0.717) is 22.9 Å². The Morgan fingerprint density at radius 1 is 0.926 bits per heavy atom. The van der Waals surface area contributed by atoms with E-state index >= 15 is 0 Å². The van der Waals surface area contributed by atoms with E-state index < -0.39 is 18.5 Å². The molecule has 2 aromatic carbocycles.